The van der Waals surface area contributed by atoms with Crippen LogP contribution in [0.15, 0.2) is 24.3 Å². The summed E-state index contributed by atoms with van der Waals surface area (Å²) in [6, 6.07) is 5.55. The first kappa shape index (κ1) is 19.0. The molecule has 3 rings (SSSR count). The predicted molar refractivity (Wildman–Crippen MR) is 99.9 cm³/mol. The summed E-state index contributed by atoms with van der Waals surface area (Å²) in [5.41, 5.74) is 0.425. The molecule has 0 saturated carbocycles. The van der Waals surface area contributed by atoms with Gasteiger partial charge in [-0.15, -0.1) is 11.3 Å². The van der Waals surface area contributed by atoms with Crippen molar-refractivity contribution in [2.45, 2.75) is 19.8 Å². The molecule has 6 nitrogen and oxygen atoms in total. The van der Waals surface area contributed by atoms with Crippen LogP contribution in [0, 0.1) is 12.7 Å². The normalized spacial score (nSPS) is 13.5. The van der Waals surface area contributed by atoms with E-state index in [0.29, 0.717) is 23.5 Å². The summed E-state index contributed by atoms with van der Waals surface area (Å²) in [5.74, 6) is -2.20. The van der Waals surface area contributed by atoms with Gasteiger partial charge in [-0.1, -0.05) is 12.1 Å². The van der Waals surface area contributed by atoms with Crippen molar-refractivity contribution < 1.29 is 23.5 Å². The Kier molecular flexibility index (Phi) is 5.55. The summed E-state index contributed by atoms with van der Waals surface area (Å²) >= 11 is 1.01. The summed E-state index contributed by atoms with van der Waals surface area (Å²) in [4.78, 5) is 39.6. The number of carbonyl (C=O) groups excluding carboxylic acids is 3. The zero-order valence-corrected chi connectivity index (χ0v) is 15.8. The fourth-order valence-corrected chi connectivity index (χ4v) is 4.19. The van der Waals surface area contributed by atoms with E-state index in [4.69, 9.17) is 4.74 Å². The largest absolute Gasteiger partial charge is 0.465 e. The van der Waals surface area contributed by atoms with Crippen LogP contribution in [-0.4, -0.2) is 42.9 Å². The fourth-order valence-electron chi connectivity index (χ4n) is 3.03. The number of thiophene rings is 1. The van der Waals surface area contributed by atoms with Gasteiger partial charge in [-0.3, -0.25) is 9.59 Å². The van der Waals surface area contributed by atoms with E-state index in [9.17, 15) is 18.8 Å². The molecular weight excluding hydrogens is 371 g/mol. The first-order valence-electron chi connectivity index (χ1n) is 8.51. The maximum Gasteiger partial charge on any atom is 0.341 e. The number of benzene rings is 1. The fraction of sp³-hybridized carbons (Fsp3) is 0.316. The van der Waals surface area contributed by atoms with Gasteiger partial charge >= 0.3 is 5.97 Å². The number of rotatable bonds is 4. The Hall–Kier alpha value is -2.74. The first-order chi connectivity index (χ1) is 12.9. The second-order valence-corrected chi connectivity index (χ2v) is 7.21. The van der Waals surface area contributed by atoms with Gasteiger partial charge in [0.25, 0.3) is 11.8 Å². The average Bonchev–Trinajstić information content (AvgIpc) is 3.29. The van der Waals surface area contributed by atoms with Crippen molar-refractivity contribution in [1.29, 1.82) is 0 Å². The number of carbonyl (C=O) groups is 3. The third-order valence-electron chi connectivity index (χ3n) is 4.47. The van der Waals surface area contributed by atoms with Crippen molar-refractivity contribution in [3.63, 3.8) is 0 Å². The Morgan fingerprint density at radius 2 is 1.85 bits per heavy atom. The molecule has 2 aromatic rings. The SMILES string of the molecule is COC(=O)c1c(NC(=O)c2ccccc2F)sc(C(=O)N2CCCC2)c1C. The Balaban J connectivity index is 1.97. The monoisotopic (exact) mass is 390 g/mol. The highest BCUT2D eigenvalue weighted by molar-refractivity contribution is 7.18. The molecule has 0 atom stereocenters. The number of hydrogen-bond donors (Lipinski definition) is 1. The van der Waals surface area contributed by atoms with Crippen molar-refractivity contribution in [2.75, 3.05) is 25.5 Å². The number of esters is 1. The summed E-state index contributed by atoms with van der Waals surface area (Å²) in [7, 11) is 1.23. The molecular formula is C19H19FN2O4S. The van der Waals surface area contributed by atoms with E-state index < -0.39 is 17.7 Å². The molecule has 0 unspecified atom stereocenters. The van der Waals surface area contributed by atoms with Gasteiger partial charge < -0.3 is 15.0 Å². The summed E-state index contributed by atoms with van der Waals surface area (Å²) < 4.78 is 18.7. The Morgan fingerprint density at radius 1 is 1.19 bits per heavy atom. The van der Waals surface area contributed by atoms with E-state index in [-0.39, 0.29) is 22.0 Å². The second-order valence-electron chi connectivity index (χ2n) is 6.19. The highest BCUT2D eigenvalue weighted by atomic mass is 32.1. The van der Waals surface area contributed by atoms with Crippen LogP contribution in [0.5, 0.6) is 0 Å². The number of amides is 2. The van der Waals surface area contributed by atoms with Gasteiger partial charge in [0.2, 0.25) is 0 Å². The minimum Gasteiger partial charge on any atom is -0.465 e. The molecule has 8 heteroatoms. The van der Waals surface area contributed by atoms with Crippen LogP contribution in [0.2, 0.25) is 0 Å². The van der Waals surface area contributed by atoms with Crippen molar-refractivity contribution in [1.82, 2.24) is 4.90 Å². The number of hydrogen-bond acceptors (Lipinski definition) is 5. The van der Waals surface area contributed by atoms with E-state index in [1.165, 1.54) is 25.3 Å². The van der Waals surface area contributed by atoms with Crippen LogP contribution >= 0.6 is 11.3 Å². The number of anilines is 1. The lowest BCUT2D eigenvalue weighted by atomic mass is 10.1. The predicted octanol–water partition coefficient (Wildman–Crippen LogP) is 3.47. The molecule has 142 valence electrons. The van der Waals surface area contributed by atoms with E-state index in [2.05, 4.69) is 5.32 Å². The maximum atomic E-state index is 13.9. The molecule has 1 aromatic heterocycles. The Bertz CT molecular complexity index is 903. The van der Waals surface area contributed by atoms with Gasteiger partial charge in [-0.2, -0.15) is 0 Å². The quantitative estimate of drug-likeness (QED) is 0.811. The highest BCUT2D eigenvalue weighted by Gasteiger charge is 2.30. The minimum absolute atomic E-state index is 0.120. The third-order valence-corrected chi connectivity index (χ3v) is 5.66. The molecule has 0 radical (unpaired) electrons. The minimum atomic E-state index is -0.695. The van der Waals surface area contributed by atoms with Gasteiger partial charge in [-0.05, 0) is 37.5 Å². The molecule has 1 aromatic carbocycles. The number of halogens is 1. The molecule has 1 aliphatic rings. The van der Waals surface area contributed by atoms with Crippen molar-refractivity contribution in [3.8, 4) is 0 Å². The van der Waals surface area contributed by atoms with Gasteiger partial charge in [-0.25, -0.2) is 9.18 Å². The molecule has 2 heterocycles. The zero-order valence-electron chi connectivity index (χ0n) is 15.0. The van der Waals surface area contributed by atoms with Crippen LogP contribution < -0.4 is 5.32 Å². The van der Waals surface area contributed by atoms with Crippen molar-refractivity contribution in [2.24, 2.45) is 0 Å². The topological polar surface area (TPSA) is 75.7 Å². The smallest absolute Gasteiger partial charge is 0.341 e. The molecule has 1 aliphatic heterocycles. The molecule has 2 amide bonds. The number of nitrogens with zero attached hydrogens (tertiary/aromatic N) is 1. The molecule has 0 aliphatic carbocycles. The molecule has 0 bridgehead atoms. The zero-order chi connectivity index (χ0) is 19.6. The van der Waals surface area contributed by atoms with E-state index in [1.807, 2.05) is 0 Å². The molecule has 0 spiro atoms. The lowest BCUT2D eigenvalue weighted by Gasteiger charge is -2.14. The summed E-state index contributed by atoms with van der Waals surface area (Å²) in [5, 5.41) is 2.73. The highest BCUT2D eigenvalue weighted by Crippen LogP contribution is 2.35. The van der Waals surface area contributed by atoms with Gasteiger partial charge in [0, 0.05) is 13.1 Å². The number of nitrogens with one attached hydrogen (secondary N) is 1. The lowest BCUT2D eigenvalue weighted by molar-refractivity contribution is 0.0601. The number of likely N-dealkylation sites (tertiary alicyclic amines) is 1. The molecule has 1 fully saturated rings. The lowest BCUT2D eigenvalue weighted by Crippen LogP contribution is -2.27. The molecule has 27 heavy (non-hydrogen) atoms. The van der Waals surface area contributed by atoms with Crippen molar-refractivity contribution >= 4 is 34.1 Å². The molecule has 1 saturated heterocycles. The van der Waals surface area contributed by atoms with E-state index >= 15 is 0 Å². The third kappa shape index (κ3) is 3.71. The van der Waals surface area contributed by atoms with E-state index in [0.717, 1.165) is 24.2 Å². The standard InChI is InChI=1S/C19H19FN2O4S/c1-11-14(19(25)26-2)17(21-16(23)12-7-3-4-8-13(12)20)27-15(11)18(24)22-9-5-6-10-22/h3-4,7-8H,5-6,9-10H2,1-2H3,(H,21,23). The second kappa shape index (κ2) is 7.87. The van der Waals surface area contributed by atoms with Gasteiger partial charge in [0.1, 0.15) is 10.8 Å². The van der Waals surface area contributed by atoms with Gasteiger partial charge in [0.05, 0.1) is 23.1 Å². The van der Waals surface area contributed by atoms with Crippen LogP contribution in [0.3, 0.4) is 0 Å². The number of methoxy groups -OCH3 is 1. The van der Waals surface area contributed by atoms with E-state index in [1.54, 1.807) is 17.9 Å². The van der Waals surface area contributed by atoms with Crippen LogP contribution in [-0.2, 0) is 4.74 Å². The molecule has 1 N–H and O–H groups in total. The average molecular weight is 390 g/mol. The maximum absolute atomic E-state index is 13.9. The first-order valence-corrected chi connectivity index (χ1v) is 9.32. The van der Waals surface area contributed by atoms with Crippen LogP contribution in [0.1, 0.15) is 48.8 Å². The van der Waals surface area contributed by atoms with Crippen molar-refractivity contribution in [3.05, 3.63) is 51.7 Å². The Morgan fingerprint density at radius 3 is 2.48 bits per heavy atom. The van der Waals surface area contributed by atoms with Gasteiger partial charge in [0.15, 0.2) is 0 Å². The summed E-state index contributed by atoms with van der Waals surface area (Å²) in [6.45, 7) is 2.98. The summed E-state index contributed by atoms with van der Waals surface area (Å²) in [6.07, 6.45) is 1.88. The number of ether oxygens (including phenoxy) is 1. The van der Waals surface area contributed by atoms with Crippen LogP contribution in [0.25, 0.3) is 0 Å². The Labute approximate surface area is 159 Å². The van der Waals surface area contributed by atoms with Crippen LogP contribution in [0.4, 0.5) is 9.39 Å².